The van der Waals surface area contributed by atoms with Crippen molar-refractivity contribution in [2.45, 2.75) is 0 Å². The molecule has 3 N–H and O–H groups in total. The summed E-state index contributed by atoms with van der Waals surface area (Å²) >= 11 is 0. The SMILES string of the molecule is CN(C)C(=O)C(=O)c1ccc(NC(N)=O)cc1.[HH].[HH]. The number of urea groups is 1. The summed E-state index contributed by atoms with van der Waals surface area (Å²) in [6, 6.07) is 5.22. The first-order chi connectivity index (χ1) is 7.91. The molecule has 0 radical (unpaired) electrons. The van der Waals surface area contributed by atoms with Crippen LogP contribution in [-0.2, 0) is 4.79 Å². The van der Waals surface area contributed by atoms with Crippen LogP contribution in [0.3, 0.4) is 0 Å². The van der Waals surface area contributed by atoms with Crippen LogP contribution in [0.4, 0.5) is 10.5 Å². The number of nitrogens with zero attached hydrogens (tertiary/aromatic N) is 1. The van der Waals surface area contributed by atoms with E-state index < -0.39 is 17.7 Å². The van der Waals surface area contributed by atoms with Crippen LogP contribution in [-0.4, -0.2) is 36.7 Å². The molecular formula is C11H17N3O3. The van der Waals surface area contributed by atoms with Crippen LogP contribution in [0.1, 0.15) is 13.2 Å². The van der Waals surface area contributed by atoms with Gasteiger partial charge in [0.05, 0.1) is 0 Å². The summed E-state index contributed by atoms with van der Waals surface area (Å²) in [4.78, 5) is 34.8. The maximum absolute atomic E-state index is 11.6. The van der Waals surface area contributed by atoms with E-state index in [2.05, 4.69) is 5.32 Å². The van der Waals surface area contributed by atoms with Gasteiger partial charge in [-0.1, -0.05) is 0 Å². The van der Waals surface area contributed by atoms with Gasteiger partial charge in [0, 0.05) is 28.2 Å². The summed E-state index contributed by atoms with van der Waals surface area (Å²) < 4.78 is 0. The Kier molecular flexibility index (Phi) is 3.82. The Morgan fingerprint density at radius 1 is 1.18 bits per heavy atom. The number of carbonyl (C=O) groups is 3. The van der Waals surface area contributed by atoms with Gasteiger partial charge in [0.25, 0.3) is 5.91 Å². The van der Waals surface area contributed by atoms with Crippen LogP contribution in [0, 0.1) is 0 Å². The van der Waals surface area contributed by atoms with E-state index in [-0.39, 0.29) is 8.42 Å². The fourth-order valence-electron chi connectivity index (χ4n) is 1.17. The smallest absolute Gasteiger partial charge is 0.316 e. The van der Waals surface area contributed by atoms with Gasteiger partial charge in [0.1, 0.15) is 0 Å². The van der Waals surface area contributed by atoms with E-state index in [0.717, 1.165) is 0 Å². The van der Waals surface area contributed by atoms with E-state index in [4.69, 9.17) is 5.73 Å². The Balaban J connectivity index is 0. The van der Waals surface area contributed by atoms with Gasteiger partial charge in [0.2, 0.25) is 5.78 Å². The monoisotopic (exact) mass is 239 g/mol. The molecule has 0 saturated carbocycles. The van der Waals surface area contributed by atoms with Crippen LogP contribution in [0.2, 0.25) is 0 Å². The highest BCUT2D eigenvalue weighted by molar-refractivity contribution is 6.42. The second-order valence-corrected chi connectivity index (χ2v) is 3.60. The second kappa shape index (κ2) is 5.11. The number of Topliss-reactive ketones (excluding diaryl/α,β-unsaturated/α-hetero) is 1. The number of amides is 3. The maximum Gasteiger partial charge on any atom is 0.316 e. The third-order valence-electron chi connectivity index (χ3n) is 2.02. The number of rotatable bonds is 3. The Morgan fingerprint density at radius 2 is 1.71 bits per heavy atom. The molecule has 6 nitrogen and oxygen atoms in total. The van der Waals surface area contributed by atoms with E-state index in [9.17, 15) is 14.4 Å². The molecule has 1 aromatic rings. The Bertz CT molecular complexity index is 461. The molecule has 6 heteroatoms. The van der Waals surface area contributed by atoms with E-state index in [1.54, 1.807) is 0 Å². The molecule has 0 spiro atoms. The molecule has 0 unspecified atom stereocenters. The molecule has 0 fully saturated rings. The van der Waals surface area contributed by atoms with Crippen molar-refractivity contribution in [3.05, 3.63) is 29.8 Å². The molecule has 0 atom stereocenters. The highest BCUT2D eigenvalue weighted by atomic mass is 16.2. The standard InChI is InChI=1S/C11H13N3O3.2H2/c1-14(2)10(16)9(15)7-3-5-8(6-4-7)13-11(12)17;;/h3-6H,1-2H3,(H3,12,13,17);2*1H. The first-order valence-electron chi connectivity index (χ1n) is 4.84. The summed E-state index contributed by atoms with van der Waals surface area (Å²) in [5.41, 5.74) is 5.66. The van der Waals surface area contributed by atoms with E-state index in [1.165, 1.54) is 43.3 Å². The number of likely N-dealkylation sites (N-methyl/N-ethyl adjacent to an activating group) is 1. The van der Waals surface area contributed by atoms with E-state index in [0.29, 0.717) is 5.69 Å². The zero-order valence-electron chi connectivity index (χ0n) is 9.56. The first kappa shape index (κ1) is 12.7. The average molecular weight is 239 g/mol. The topological polar surface area (TPSA) is 92.5 Å². The van der Waals surface area contributed by atoms with Gasteiger partial charge in [-0.3, -0.25) is 9.59 Å². The summed E-state index contributed by atoms with van der Waals surface area (Å²) in [5, 5.41) is 2.36. The van der Waals surface area contributed by atoms with Crippen LogP contribution >= 0.6 is 0 Å². The minimum atomic E-state index is -0.687. The van der Waals surface area contributed by atoms with Crippen LogP contribution in [0.15, 0.2) is 24.3 Å². The van der Waals surface area contributed by atoms with Crippen molar-refractivity contribution in [2.75, 3.05) is 19.4 Å². The zero-order valence-corrected chi connectivity index (χ0v) is 9.56. The van der Waals surface area contributed by atoms with Gasteiger partial charge >= 0.3 is 6.03 Å². The number of benzene rings is 1. The predicted molar refractivity (Wildman–Crippen MR) is 66.9 cm³/mol. The number of nitrogens with two attached hydrogens (primary N) is 1. The highest BCUT2D eigenvalue weighted by Gasteiger charge is 2.17. The number of primary amides is 1. The minimum absolute atomic E-state index is 0. The van der Waals surface area contributed by atoms with Crippen LogP contribution < -0.4 is 11.1 Å². The van der Waals surface area contributed by atoms with E-state index >= 15 is 0 Å². The first-order valence-corrected chi connectivity index (χ1v) is 4.84. The molecule has 0 aliphatic carbocycles. The lowest BCUT2D eigenvalue weighted by molar-refractivity contribution is -0.124. The maximum atomic E-state index is 11.6. The van der Waals surface area contributed by atoms with Crippen molar-refractivity contribution < 1.29 is 17.2 Å². The summed E-state index contributed by atoms with van der Waals surface area (Å²) in [6.45, 7) is 0. The number of anilines is 1. The van der Waals surface area contributed by atoms with Gasteiger partial charge in [-0.2, -0.15) is 0 Å². The van der Waals surface area contributed by atoms with Crippen molar-refractivity contribution in [1.82, 2.24) is 4.90 Å². The minimum Gasteiger partial charge on any atom is -0.351 e. The van der Waals surface area contributed by atoms with E-state index in [1.807, 2.05) is 0 Å². The molecule has 0 bridgehead atoms. The molecular weight excluding hydrogens is 222 g/mol. The number of carbonyl (C=O) groups excluding carboxylic acids is 3. The Labute approximate surface area is 101 Å². The largest absolute Gasteiger partial charge is 0.351 e. The lowest BCUT2D eigenvalue weighted by Gasteiger charge is -2.09. The fraction of sp³-hybridized carbons (Fsp3) is 0.182. The molecule has 0 aromatic heterocycles. The predicted octanol–water partition coefficient (Wildman–Crippen LogP) is 0.940. The second-order valence-electron chi connectivity index (χ2n) is 3.60. The molecule has 0 heterocycles. The fourth-order valence-corrected chi connectivity index (χ4v) is 1.17. The molecule has 17 heavy (non-hydrogen) atoms. The quantitative estimate of drug-likeness (QED) is 0.607. The summed E-state index contributed by atoms with van der Waals surface area (Å²) in [6.07, 6.45) is 0. The number of hydrogen-bond donors (Lipinski definition) is 2. The molecule has 94 valence electrons. The normalized spacial score (nSPS) is 9.53. The Hall–Kier alpha value is -2.37. The zero-order chi connectivity index (χ0) is 13.0. The number of hydrogen-bond acceptors (Lipinski definition) is 3. The van der Waals surface area contributed by atoms with Crippen molar-refractivity contribution in [1.29, 1.82) is 0 Å². The van der Waals surface area contributed by atoms with Gasteiger partial charge in [-0.05, 0) is 24.3 Å². The molecule has 0 saturated heterocycles. The van der Waals surface area contributed by atoms with Gasteiger partial charge < -0.3 is 16.0 Å². The van der Waals surface area contributed by atoms with Crippen molar-refractivity contribution in [3.8, 4) is 0 Å². The molecule has 1 rings (SSSR count). The number of nitrogens with one attached hydrogen (secondary N) is 1. The van der Waals surface area contributed by atoms with Crippen LogP contribution in [0.5, 0.6) is 0 Å². The molecule has 0 aliphatic heterocycles. The summed E-state index contributed by atoms with van der Waals surface area (Å²) in [5.74, 6) is -1.19. The van der Waals surface area contributed by atoms with Crippen molar-refractivity contribution in [2.24, 2.45) is 5.73 Å². The average Bonchev–Trinajstić information content (AvgIpc) is 2.27. The van der Waals surface area contributed by atoms with Crippen molar-refractivity contribution in [3.63, 3.8) is 0 Å². The third-order valence-corrected chi connectivity index (χ3v) is 2.02. The third kappa shape index (κ3) is 3.30. The Morgan fingerprint density at radius 3 is 2.12 bits per heavy atom. The van der Waals surface area contributed by atoms with Gasteiger partial charge in [-0.15, -0.1) is 0 Å². The highest BCUT2D eigenvalue weighted by Crippen LogP contribution is 2.10. The lowest BCUT2D eigenvalue weighted by Crippen LogP contribution is -2.29. The lowest BCUT2D eigenvalue weighted by atomic mass is 10.1. The number of ketones is 1. The van der Waals surface area contributed by atoms with Gasteiger partial charge in [0.15, 0.2) is 0 Å². The summed E-state index contributed by atoms with van der Waals surface area (Å²) in [7, 11) is 3.01. The van der Waals surface area contributed by atoms with Gasteiger partial charge in [-0.25, -0.2) is 4.79 Å². The van der Waals surface area contributed by atoms with Crippen LogP contribution in [0.25, 0.3) is 0 Å². The van der Waals surface area contributed by atoms with Crippen molar-refractivity contribution >= 4 is 23.4 Å². The molecule has 0 aliphatic rings. The molecule has 1 aromatic carbocycles. The molecule has 3 amide bonds.